The molecule has 146 valence electrons. The Morgan fingerprint density at radius 1 is 1.11 bits per heavy atom. The van der Waals surface area contributed by atoms with Crippen molar-refractivity contribution in [1.29, 1.82) is 0 Å². The Kier molecular flexibility index (Phi) is 5.43. The highest BCUT2D eigenvalue weighted by atomic mass is 19.1. The van der Waals surface area contributed by atoms with Crippen molar-refractivity contribution in [1.82, 2.24) is 9.80 Å². The maximum Gasteiger partial charge on any atom is 0.238 e. The van der Waals surface area contributed by atoms with Crippen LogP contribution in [-0.4, -0.2) is 54.3 Å². The first kappa shape index (κ1) is 18.4. The molecule has 0 radical (unpaired) electrons. The number of piperazine rings is 1. The average molecular weight is 373 g/mol. The molecule has 2 bridgehead atoms. The molecule has 2 saturated carbocycles. The number of hydrogen-bond acceptors (Lipinski definition) is 3. The van der Waals surface area contributed by atoms with E-state index in [1.807, 2.05) is 4.90 Å². The summed E-state index contributed by atoms with van der Waals surface area (Å²) in [6.07, 6.45) is 5.98. The number of anilines is 1. The lowest BCUT2D eigenvalue weighted by Gasteiger charge is -2.35. The Labute approximate surface area is 159 Å². The van der Waals surface area contributed by atoms with E-state index < -0.39 is 0 Å². The van der Waals surface area contributed by atoms with Crippen LogP contribution in [-0.2, 0) is 9.59 Å². The molecule has 0 spiro atoms. The van der Waals surface area contributed by atoms with E-state index in [1.54, 1.807) is 12.1 Å². The number of carbonyl (C=O) groups excluding carboxylic acids is 2. The van der Waals surface area contributed by atoms with Crippen LogP contribution in [0.15, 0.2) is 24.3 Å². The Morgan fingerprint density at radius 3 is 2.59 bits per heavy atom. The summed E-state index contributed by atoms with van der Waals surface area (Å²) >= 11 is 0. The van der Waals surface area contributed by atoms with E-state index in [1.165, 1.54) is 37.8 Å². The number of amides is 2. The molecule has 1 aliphatic heterocycles. The van der Waals surface area contributed by atoms with Gasteiger partial charge in [-0.2, -0.15) is 0 Å². The second-order valence-corrected chi connectivity index (χ2v) is 8.35. The van der Waals surface area contributed by atoms with Gasteiger partial charge in [0.05, 0.1) is 6.54 Å². The smallest absolute Gasteiger partial charge is 0.238 e. The van der Waals surface area contributed by atoms with E-state index >= 15 is 0 Å². The zero-order valence-electron chi connectivity index (χ0n) is 15.7. The van der Waals surface area contributed by atoms with E-state index in [9.17, 15) is 14.0 Å². The molecule has 1 saturated heterocycles. The number of halogens is 1. The monoisotopic (exact) mass is 373 g/mol. The first-order valence-corrected chi connectivity index (χ1v) is 10.1. The molecule has 0 aromatic heterocycles. The van der Waals surface area contributed by atoms with Gasteiger partial charge in [0.2, 0.25) is 11.8 Å². The largest absolute Gasteiger partial charge is 0.340 e. The minimum absolute atomic E-state index is 0.151. The van der Waals surface area contributed by atoms with Crippen molar-refractivity contribution in [2.45, 2.75) is 32.1 Å². The van der Waals surface area contributed by atoms with E-state index in [0.29, 0.717) is 44.2 Å². The van der Waals surface area contributed by atoms with Gasteiger partial charge in [-0.15, -0.1) is 0 Å². The first-order valence-electron chi connectivity index (χ1n) is 10.1. The van der Waals surface area contributed by atoms with Gasteiger partial charge in [0, 0.05) is 38.3 Å². The summed E-state index contributed by atoms with van der Waals surface area (Å²) in [7, 11) is 0. The van der Waals surface area contributed by atoms with Crippen LogP contribution >= 0.6 is 0 Å². The van der Waals surface area contributed by atoms with Crippen molar-refractivity contribution in [2.24, 2.45) is 17.8 Å². The number of benzene rings is 1. The second-order valence-electron chi connectivity index (χ2n) is 8.35. The lowest BCUT2D eigenvalue weighted by molar-refractivity contribution is -0.134. The number of carbonyl (C=O) groups is 2. The van der Waals surface area contributed by atoms with Crippen LogP contribution in [0.25, 0.3) is 0 Å². The number of hydrogen-bond donors (Lipinski definition) is 1. The zero-order chi connectivity index (χ0) is 18.8. The maximum atomic E-state index is 13.2. The number of nitrogens with zero attached hydrogens (tertiary/aromatic N) is 2. The van der Waals surface area contributed by atoms with Gasteiger partial charge in [0.25, 0.3) is 0 Å². The van der Waals surface area contributed by atoms with Crippen LogP contribution in [0.4, 0.5) is 10.1 Å². The van der Waals surface area contributed by atoms with Gasteiger partial charge < -0.3 is 10.2 Å². The van der Waals surface area contributed by atoms with Crippen LogP contribution in [0, 0.1) is 23.6 Å². The molecule has 4 rings (SSSR count). The molecule has 3 aliphatic rings. The maximum absolute atomic E-state index is 13.2. The molecular weight excluding hydrogens is 345 g/mol. The van der Waals surface area contributed by atoms with Crippen molar-refractivity contribution < 1.29 is 14.0 Å². The Hall–Kier alpha value is -1.95. The Balaban J connectivity index is 1.19. The average Bonchev–Trinajstić information content (AvgIpc) is 3.25. The van der Waals surface area contributed by atoms with Crippen molar-refractivity contribution >= 4 is 17.5 Å². The molecule has 1 aromatic carbocycles. The molecule has 1 aromatic rings. The summed E-state index contributed by atoms with van der Waals surface area (Å²) in [6.45, 7) is 3.06. The van der Waals surface area contributed by atoms with E-state index in [2.05, 4.69) is 10.2 Å². The molecule has 2 aliphatic carbocycles. The molecule has 2 amide bonds. The summed E-state index contributed by atoms with van der Waals surface area (Å²) in [4.78, 5) is 28.8. The standard InChI is InChI=1S/C21H28FN3O2/c22-18-2-1-3-19(13-18)23-20(26)14-24-6-8-25(9-7-24)21(27)12-17-11-15-4-5-16(17)10-15/h1-3,13,15-17H,4-12,14H2,(H,23,26)/t15-,16+,17-/m0/s1. The molecule has 1 heterocycles. The van der Waals surface area contributed by atoms with E-state index in [0.717, 1.165) is 11.8 Å². The van der Waals surface area contributed by atoms with Crippen LogP contribution < -0.4 is 5.32 Å². The number of nitrogens with one attached hydrogen (secondary N) is 1. The number of fused-ring (bicyclic) bond motifs is 2. The summed E-state index contributed by atoms with van der Waals surface area (Å²) in [6, 6.07) is 5.91. The molecule has 27 heavy (non-hydrogen) atoms. The third kappa shape index (κ3) is 4.49. The van der Waals surface area contributed by atoms with Gasteiger partial charge in [-0.3, -0.25) is 14.5 Å². The van der Waals surface area contributed by atoms with E-state index in [4.69, 9.17) is 0 Å². The van der Waals surface area contributed by atoms with Gasteiger partial charge >= 0.3 is 0 Å². The normalized spacial score (nSPS) is 27.7. The highest BCUT2D eigenvalue weighted by Crippen LogP contribution is 2.49. The Bertz CT molecular complexity index is 702. The van der Waals surface area contributed by atoms with Crippen molar-refractivity contribution in [3.63, 3.8) is 0 Å². The number of rotatable bonds is 5. The third-order valence-electron chi connectivity index (χ3n) is 6.52. The van der Waals surface area contributed by atoms with Gasteiger partial charge in [-0.05, 0) is 55.2 Å². The highest BCUT2D eigenvalue weighted by molar-refractivity contribution is 5.92. The third-order valence-corrected chi connectivity index (χ3v) is 6.52. The SMILES string of the molecule is O=C(CN1CCN(C(=O)C[C@@H]2C[C@H]3CC[C@@H]2C3)CC1)Nc1cccc(F)c1. The van der Waals surface area contributed by atoms with Crippen LogP contribution in [0.3, 0.4) is 0 Å². The van der Waals surface area contributed by atoms with Gasteiger partial charge in [0.1, 0.15) is 5.82 Å². The second kappa shape index (κ2) is 7.97. The molecule has 5 nitrogen and oxygen atoms in total. The summed E-state index contributed by atoms with van der Waals surface area (Å²) in [5.41, 5.74) is 0.472. The molecule has 3 atom stereocenters. The fourth-order valence-corrected chi connectivity index (χ4v) is 5.11. The van der Waals surface area contributed by atoms with Crippen LogP contribution in [0.2, 0.25) is 0 Å². The Morgan fingerprint density at radius 2 is 1.93 bits per heavy atom. The highest BCUT2D eigenvalue weighted by Gasteiger charge is 2.40. The molecule has 1 N–H and O–H groups in total. The van der Waals surface area contributed by atoms with Gasteiger partial charge in [-0.25, -0.2) is 4.39 Å². The predicted octanol–water partition coefficient (Wildman–Crippen LogP) is 2.73. The van der Waals surface area contributed by atoms with Gasteiger partial charge in [-0.1, -0.05) is 12.5 Å². The van der Waals surface area contributed by atoms with Gasteiger partial charge in [0.15, 0.2) is 0 Å². The summed E-state index contributed by atoms with van der Waals surface area (Å²) in [5.74, 6) is 2.04. The first-order chi connectivity index (χ1) is 13.1. The molecule has 6 heteroatoms. The minimum atomic E-state index is -0.365. The lowest BCUT2D eigenvalue weighted by atomic mass is 9.86. The molecule has 3 fully saturated rings. The van der Waals surface area contributed by atoms with Crippen LogP contribution in [0.5, 0.6) is 0 Å². The lowest BCUT2D eigenvalue weighted by Crippen LogP contribution is -2.50. The zero-order valence-corrected chi connectivity index (χ0v) is 15.7. The van der Waals surface area contributed by atoms with Crippen molar-refractivity contribution in [2.75, 3.05) is 38.0 Å². The van der Waals surface area contributed by atoms with Crippen molar-refractivity contribution in [3.05, 3.63) is 30.1 Å². The predicted molar refractivity (Wildman–Crippen MR) is 102 cm³/mol. The quantitative estimate of drug-likeness (QED) is 0.863. The summed E-state index contributed by atoms with van der Waals surface area (Å²) in [5, 5.41) is 2.73. The minimum Gasteiger partial charge on any atom is -0.340 e. The van der Waals surface area contributed by atoms with Crippen molar-refractivity contribution in [3.8, 4) is 0 Å². The van der Waals surface area contributed by atoms with E-state index in [-0.39, 0.29) is 24.2 Å². The van der Waals surface area contributed by atoms with Crippen LogP contribution in [0.1, 0.15) is 32.1 Å². The molecule has 0 unspecified atom stereocenters. The topological polar surface area (TPSA) is 52.7 Å². The molecular formula is C21H28FN3O2. The fraction of sp³-hybridized carbons (Fsp3) is 0.619. The summed E-state index contributed by atoms with van der Waals surface area (Å²) < 4.78 is 13.2. The fourth-order valence-electron chi connectivity index (χ4n) is 5.11.